The van der Waals surface area contributed by atoms with Crippen LogP contribution >= 0.6 is 0 Å². The third kappa shape index (κ3) is 14.0. The first-order chi connectivity index (χ1) is 7.41. The largest absolute Gasteiger partial charge is 0.0654 e. The molecule has 0 spiro atoms. The first kappa shape index (κ1) is 15.0. The van der Waals surface area contributed by atoms with Gasteiger partial charge in [0.2, 0.25) is 0 Å². The van der Waals surface area contributed by atoms with Gasteiger partial charge in [0.1, 0.15) is 0 Å². The predicted molar refractivity (Wildman–Crippen MR) is 71.4 cm³/mol. The van der Waals surface area contributed by atoms with Crippen molar-refractivity contribution in [1.29, 1.82) is 0 Å². The second-order valence-electron chi connectivity index (χ2n) is 4.89. The SMILES string of the molecule is C1CCCC1.CCCCCCCCCC. The molecular formula is C15H32. The van der Waals surface area contributed by atoms with Crippen molar-refractivity contribution in [1.82, 2.24) is 0 Å². The summed E-state index contributed by atoms with van der Waals surface area (Å²) in [4.78, 5) is 0. The summed E-state index contributed by atoms with van der Waals surface area (Å²) in [6.07, 6.45) is 19.0. The minimum absolute atomic E-state index is 1.37. The molecule has 0 unspecified atom stereocenters. The summed E-state index contributed by atoms with van der Waals surface area (Å²) in [5, 5.41) is 0. The number of unbranched alkanes of at least 4 members (excludes halogenated alkanes) is 7. The fourth-order valence-corrected chi connectivity index (χ4v) is 2.09. The molecule has 0 aromatic rings. The summed E-state index contributed by atoms with van der Waals surface area (Å²) in [6.45, 7) is 4.54. The van der Waals surface area contributed by atoms with Crippen LogP contribution in [0, 0.1) is 0 Å². The van der Waals surface area contributed by atoms with Gasteiger partial charge in [0, 0.05) is 0 Å². The van der Waals surface area contributed by atoms with Gasteiger partial charge in [-0.3, -0.25) is 0 Å². The Labute approximate surface area is 97.8 Å². The quantitative estimate of drug-likeness (QED) is 0.447. The van der Waals surface area contributed by atoms with Gasteiger partial charge in [0.25, 0.3) is 0 Å². The average molecular weight is 212 g/mol. The van der Waals surface area contributed by atoms with Crippen LogP contribution in [0.2, 0.25) is 0 Å². The molecule has 1 rings (SSSR count). The van der Waals surface area contributed by atoms with Crippen LogP contribution in [0.25, 0.3) is 0 Å². The first-order valence-electron chi connectivity index (χ1n) is 7.41. The van der Waals surface area contributed by atoms with Gasteiger partial charge >= 0.3 is 0 Å². The molecule has 0 amide bonds. The number of hydrogen-bond donors (Lipinski definition) is 0. The summed E-state index contributed by atoms with van der Waals surface area (Å²) in [5.41, 5.74) is 0. The summed E-state index contributed by atoms with van der Waals surface area (Å²) in [7, 11) is 0. The Morgan fingerprint density at radius 2 is 0.733 bits per heavy atom. The third-order valence-electron chi connectivity index (χ3n) is 3.21. The summed E-state index contributed by atoms with van der Waals surface area (Å²) < 4.78 is 0. The van der Waals surface area contributed by atoms with Crippen molar-refractivity contribution in [2.45, 2.75) is 97.3 Å². The minimum atomic E-state index is 1.37. The van der Waals surface area contributed by atoms with Crippen LogP contribution in [-0.2, 0) is 0 Å². The highest BCUT2D eigenvalue weighted by atomic mass is 14.0. The Kier molecular flexibility index (Phi) is 14.0. The van der Waals surface area contributed by atoms with Crippen molar-refractivity contribution in [2.24, 2.45) is 0 Å². The van der Waals surface area contributed by atoms with Crippen LogP contribution in [0.1, 0.15) is 97.3 Å². The standard InChI is InChI=1S/C10H22.C5H10/c1-3-5-7-9-10-8-6-4-2;1-2-4-5-3-1/h3-10H2,1-2H3;1-5H2. The molecule has 0 nitrogen and oxygen atoms in total. The molecule has 0 aromatic carbocycles. The lowest BCUT2D eigenvalue weighted by Gasteiger charge is -1.97. The van der Waals surface area contributed by atoms with Gasteiger partial charge in [-0.2, -0.15) is 0 Å². The molecule has 0 radical (unpaired) electrons. The molecule has 92 valence electrons. The van der Waals surface area contributed by atoms with Crippen molar-refractivity contribution in [3.05, 3.63) is 0 Å². The Balaban J connectivity index is 0.000000322. The zero-order valence-electron chi connectivity index (χ0n) is 11.2. The Morgan fingerprint density at radius 1 is 0.467 bits per heavy atom. The molecule has 1 fully saturated rings. The molecule has 0 saturated heterocycles. The Hall–Kier alpha value is 0. The summed E-state index contributed by atoms with van der Waals surface area (Å²) >= 11 is 0. The number of hydrogen-bond acceptors (Lipinski definition) is 0. The highest BCUT2D eigenvalue weighted by molar-refractivity contribution is 4.51. The zero-order valence-corrected chi connectivity index (χ0v) is 11.2. The molecule has 0 heterocycles. The molecule has 1 saturated carbocycles. The molecule has 1 aliphatic carbocycles. The van der Waals surface area contributed by atoms with E-state index in [-0.39, 0.29) is 0 Å². The normalized spacial score (nSPS) is 14.8. The van der Waals surface area contributed by atoms with E-state index in [1.807, 2.05) is 0 Å². The van der Waals surface area contributed by atoms with Gasteiger partial charge < -0.3 is 0 Å². The van der Waals surface area contributed by atoms with E-state index >= 15 is 0 Å². The smallest absolute Gasteiger partial charge is 0.0533 e. The molecule has 0 aromatic heterocycles. The van der Waals surface area contributed by atoms with E-state index < -0.39 is 0 Å². The maximum absolute atomic E-state index is 2.27. The lowest BCUT2D eigenvalue weighted by Crippen LogP contribution is -1.77. The van der Waals surface area contributed by atoms with E-state index in [2.05, 4.69) is 13.8 Å². The van der Waals surface area contributed by atoms with Gasteiger partial charge in [-0.15, -0.1) is 0 Å². The van der Waals surface area contributed by atoms with Crippen LogP contribution in [0.4, 0.5) is 0 Å². The lowest BCUT2D eigenvalue weighted by atomic mass is 10.1. The molecule has 0 N–H and O–H groups in total. The van der Waals surface area contributed by atoms with E-state index in [4.69, 9.17) is 0 Å². The maximum Gasteiger partial charge on any atom is -0.0533 e. The molecular weight excluding hydrogens is 180 g/mol. The van der Waals surface area contributed by atoms with Crippen LogP contribution in [-0.4, -0.2) is 0 Å². The molecule has 1 aliphatic rings. The molecule has 0 bridgehead atoms. The van der Waals surface area contributed by atoms with Crippen LogP contribution in [0.3, 0.4) is 0 Å². The van der Waals surface area contributed by atoms with Crippen molar-refractivity contribution in [2.75, 3.05) is 0 Å². The zero-order chi connectivity index (χ0) is 11.2. The van der Waals surface area contributed by atoms with Gasteiger partial charge in [0.15, 0.2) is 0 Å². The molecule has 15 heavy (non-hydrogen) atoms. The monoisotopic (exact) mass is 212 g/mol. The maximum atomic E-state index is 2.27. The van der Waals surface area contributed by atoms with Crippen molar-refractivity contribution in [3.63, 3.8) is 0 Å². The van der Waals surface area contributed by atoms with Crippen molar-refractivity contribution < 1.29 is 0 Å². The highest BCUT2D eigenvalue weighted by Gasteiger charge is 1.95. The number of rotatable bonds is 7. The Bertz CT molecular complexity index is 76.6. The van der Waals surface area contributed by atoms with Gasteiger partial charge in [-0.05, 0) is 0 Å². The second-order valence-corrected chi connectivity index (χ2v) is 4.89. The van der Waals surface area contributed by atoms with Gasteiger partial charge in [-0.25, -0.2) is 0 Å². The van der Waals surface area contributed by atoms with E-state index in [0.717, 1.165) is 0 Å². The molecule has 0 heteroatoms. The topological polar surface area (TPSA) is 0 Å². The fraction of sp³-hybridized carbons (Fsp3) is 1.00. The fourth-order valence-electron chi connectivity index (χ4n) is 2.09. The Morgan fingerprint density at radius 3 is 1.00 bits per heavy atom. The average Bonchev–Trinajstić information content (AvgIpc) is 2.82. The van der Waals surface area contributed by atoms with Crippen LogP contribution < -0.4 is 0 Å². The van der Waals surface area contributed by atoms with E-state index in [0.29, 0.717) is 0 Å². The van der Waals surface area contributed by atoms with E-state index in [9.17, 15) is 0 Å². The van der Waals surface area contributed by atoms with Gasteiger partial charge in [-0.1, -0.05) is 97.3 Å². The second kappa shape index (κ2) is 14.0. The predicted octanol–water partition coefficient (Wildman–Crippen LogP) is 6.10. The van der Waals surface area contributed by atoms with E-state index in [1.165, 1.54) is 83.5 Å². The lowest BCUT2D eigenvalue weighted by molar-refractivity contribution is 0.585. The summed E-state index contributed by atoms with van der Waals surface area (Å²) in [6, 6.07) is 0. The third-order valence-corrected chi connectivity index (χ3v) is 3.21. The highest BCUT2D eigenvalue weighted by Crippen LogP contribution is 2.15. The van der Waals surface area contributed by atoms with Crippen LogP contribution in [0.15, 0.2) is 0 Å². The van der Waals surface area contributed by atoms with E-state index in [1.54, 1.807) is 0 Å². The molecule has 0 atom stereocenters. The minimum Gasteiger partial charge on any atom is -0.0654 e. The van der Waals surface area contributed by atoms with Crippen molar-refractivity contribution >= 4 is 0 Å². The van der Waals surface area contributed by atoms with Crippen LogP contribution in [0.5, 0.6) is 0 Å². The van der Waals surface area contributed by atoms with Crippen molar-refractivity contribution in [3.8, 4) is 0 Å². The first-order valence-corrected chi connectivity index (χ1v) is 7.41. The van der Waals surface area contributed by atoms with Gasteiger partial charge in [0.05, 0.1) is 0 Å². The summed E-state index contributed by atoms with van der Waals surface area (Å²) in [5.74, 6) is 0. The molecule has 0 aliphatic heterocycles.